The van der Waals surface area contributed by atoms with Crippen LogP contribution in [0.25, 0.3) is 15.8 Å². The predicted octanol–water partition coefficient (Wildman–Crippen LogP) is 2.98. The molecule has 2 aliphatic heterocycles. The van der Waals surface area contributed by atoms with E-state index in [9.17, 15) is 5.11 Å². The Morgan fingerprint density at radius 1 is 1.32 bits per heavy atom. The minimum Gasteiger partial charge on any atom is -0.391 e. The topological polar surface area (TPSA) is 35.8 Å². The summed E-state index contributed by atoms with van der Waals surface area (Å²) in [4.78, 5) is 7.72. The molecule has 0 saturated carbocycles. The van der Waals surface area contributed by atoms with Gasteiger partial charge in [-0.15, -0.1) is 11.3 Å². The summed E-state index contributed by atoms with van der Waals surface area (Å²) in [5.74, 6) is 0. The lowest BCUT2D eigenvalue weighted by Crippen LogP contribution is -2.20. The molecule has 0 amide bonds. The average molecular weight is 288 g/mol. The zero-order valence-corrected chi connectivity index (χ0v) is 11.8. The Bertz CT molecular complexity index is 717. The lowest BCUT2D eigenvalue weighted by Gasteiger charge is -2.17. The standard InChI is InChI=1S/C14H12N2OS2/c17-8-12-13(16-5-4-15-14(16)19-12)10-2-1-9-3-6-18-11(9)7-10/h1-3,6-7,17H,4-5,8H2. The summed E-state index contributed by atoms with van der Waals surface area (Å²) in [5, 5.41) is 14.0. The lowest BCUT2D eigenvalue weighted by molar-refractivity contribution is 0.339. The molecule has 3 heterocycles. The van der Waals surface area contributed by atoms with Crippen molar-refractivity contribution in [3.63, 3.8) is 0 Å². The summed E-state index contributed by atoms with van der Waals surface area (Å²) < 4.78 is 1.29. The molecule has 0 spiro atoms. The zero-order valence-electron chi connectivity index (χ0n) is 10.2. The van der Waals surface area contributed by atoms with E-state index in [4.69, 9.17) is 0 Å². The number of hydrogen-bond donors (Lipinski definition) is 1. The first-order valence-electron chi connectivity index (χ1n) is 6.18. The van der Waals surface area contributed by atoms with Gasteiger partial charge in [0.15, 0.2) is 5.17 Å². The first-order valence-corrected chi connectivity index (χ1v) is 7.88. The number of thioether (sulfide) groups is 1. The van der Waals surface area contributed by atoms with Gasteiger partial charge in [0.1, 0.15) is 0 Å². The lowest BCUT2D eigenvalue weighted by atomic mass is 10.1. The summed E-state index contributed by atoms with van der Waals surface area (Å²) in [5.41, 5.74) is 2.32. The highest BCUT2D eigenvalue weighted by Crippen LogP contribution is 2.42. The van der Waals surface area contributed by atoms with Crippen LogP contribution in [0.4, 0.5) is 0 Å². The second-order valence-electron chi connectivity index (χ2n) is 4.52. The van der Waals surface area contributed by atoms with Gasteiger partial charge in [-0.25, -0.2) is 0 Å². The molecule has 2 aromatic rings. The molecule has 1 N–H and O–H groups in total. The van der Waals surface area contributed by atoms with E-state index in [1.807, 2.05) is 0 Å². The van der Waals surface area contributed by atoms with Crippen molar-refractivity contribution < 1.29 is 5.11 Å². The minimum absolute atomic E-state index is 0.0813. The third kappa shape index (κ3) is 1.73. The van der Waals surface area contributed by atoms with Crippen LogP contribution in [0.5, 0.6) is 0 Å². The van der Waals surface area contributed by atoms with Crippen molar-refractivity contribution in [1.29, 1.82) is 0 Å². The Morgan fingerprint density at radius 3 is 3.16 bits per heavy atom. The van der Waals surface area contributed by atoms with Crippen molar-refractivity contribution in [2.75, 3.05) is 19.7 Å². The molecule has 4 rings (SSSR count). The van der Waals surface area contributed by atoms with Crippen molar-refractivity contribution in [3.8, 4) is 0 Å². The fourth-order valence-electron chi connectivity index (χ4n) is 2.56. The number of aliphatic hydroxyl groups excluding tert-OH is 1. The van der Waals surface area contributed by atoms with Crippen LogP contribution in [0.15, 0.2) is 39.5 Å². The summed E-state index contributed by atoms with van der Waals surface area (Å²) in [6.07, 6.45) is 0. The van der Waals surface area contributed by atoms with Crippen LogP contribution in [0.2, 0.25) is 0 Å². The number of benzene rings is 1. The Morgan fingerprint density at radius 2 is 2.26 bits per heavy atom. The van der Waals surface area contributed by atoms with E-state index in [-0.39, 0.29) is 6.61 Å². The van der Waals surface area contributed by atoms with Crippen LogP contribution in [0.3, 0.4) is 0 Å². The van der Waals surface area contributed by atoms with Crippen molar-refractivity contribution >= 4 is 44.0 Å². The Kier molecular flexibility index (Phi) is 2.65. The van der Waals surface area contributed by atoms with Crippen molar-refractivity contribution in [2.45, 2.75) is 0 Å². The van der Waals surface area contributed by atoms with Gasteiger partial charge in [-0.05, 0) is 22.9 Å². The van der Waals surface area contributed by atoms with Crippen LogP contribution >= 0.6 is 23.1 Å². The fourth-order valence-corrected chi connectivity index (χ4v) is 4.44. The molecular weight excluding hydrogens is 276 g/mol. The number of nitrogens with zero attached hydrogens (tertiary/aromatic N) is 2. The molecule has 5 heteroatoms. The largest absolute Gasteiger partial charge is 0.391 e. The highest BCUT2D eigenvalue weighted by molar-refractivity contribution is 8.17. The molecule has 0 radical (unpaired) electrons. The third-order valence-electron chi connectivity index (χ3n) is 3.42. The van der Waals surface area contributed by atoms with E-state index in [0.29, 0.717) is 0 Å². The molecule has 0 fully saturated rings. The van der Waals surface area contributed by atoms with E-state index in [1.165, 1.54) is 15.6 Å². The van der Waals surface area contributed by atoms with Crippen LogP contribution in [0, 0.1) is 0 Å². The first kappa shape index (κ1) is 11.5. The van der Waals surface area contributed by atoms with E-state index in [1.54, 1.807) is 23.1 Å². The van der Waals surface area contributed by atoms with Crippen molar-refractivity contribution in [2.24, 2.45) is 4.99 Å². The quantitative estimate of drug-likeness (QED) is 0.923. The Hall–Kier alpha value is -1.30. The van der Waals surface area contributed by atoms with E-state index in [2.05, 4.69) is 39.5 Å². The van der Waals surface area contributed by atoms with Gasteiger partial charge >= 0.3 is 0 Å². The Labute approximate surface area is 119 Å². The van der Waals surface area contributed by atoms with Crippen LogP contribution in [-0.2, 0) is 0 Å². The fraction of sp³-hybridized carbons (Fsp3) is 0.214. The number of aliphatic imine (C=N–C) groups is 1. The van der Waals surface area contributed by atoms with Gasteiger partial charge in [0.2, 0.25) is 0 Å². The normalized spacial score (nSPS) is 18.4. The van der Waals surface area contributed by atoms with Gasteiger partial charge in [0.25, 0.3) is 0 Å². The minimum atomic E-state index is 0.0813. The predicted molar refractivity (Wildman–Crippen MR) is 82.4 cm³/mol. The maximum atomic E-state index is 9.57. The highest BCUT2D eigenvalue weighted by atomic mass is 32.2. The highest BCUT2D eigenvalue weighted by Gasteiger charge is 2.32. The summed E-state index contributed by atoms with van der Waals surface area (Å²) in [6, 6.07) is 8.64. The monoisotopic (exact) mass is 288 g/mol. The number of aliphatic hydroxyl groups is 1. The smallest absolute Gasteiger partial charge is 0.168 e. The van der Waals surface area contributed by atoms with Crippen LogP contribution in [0.1, 0.15) is 5.56 Å². The first-order chi connectivity index (χ1) is 9.36. The molecule has 0 bridgehead atoms. The molecule has 0 saturated heterocycles. The van der Waals surface area contributed by atoms with Crippen molar-refractivity contribution in [3.05, 3.63) is 40.1 Å². The molecule has 1 aromatic heterocycles. The molecule has 0 aliphatic carbocycles. The summed E-state index contributed by atoms with van der Waals surface area (Å²) in [6.45, 7) is 1.85. The number of amidine groups is 1. The summed E-state index contributed by atoms with van der Waals surface area (Å²) >= 11 is 3.35. The Balaban J connectivity index is 1.86. The van der Waals surface area contributed by atoms with Gasteiger partial charge in [-0.2, -0.15) is 0 Å². The molecule has 2 aliphatic rings. The van der Waals surface area contributed by atoms with Crippen LogP contribution < -0.4 is 0 Å². The average Bonchev–Trinajstić information content (AvgIpc) is 3.11. The second-order valence-corrected chi connectivity index (χ2v) is 6.53. The number of rotatable bonds is 2. The molecule has 1 aromatic carbocycles. The summed E-state index contributed by atoms with van der Waals surface area (Å²) in [7, 11) is 0. The molecule has 0 unspecified atom stereocenters. The maximum Gasteiger partial charge on any atom is 0.168 e. The number of fused-ring (bicyclic) bond motifs is 2. The van der Waals surface area contributed by atoms with Gasteiger partial charge in [-0.1, -0.05) is 23.9 Å². The van der Waals surface area contributed by atoms with E-state index >= 15 is 0 Å². The molecule has 96 valence electrons. The maximum absolute atomic E-state index is 9.57. The second kappa shape index (κ2) is 4.37. The van der Waals surface area contributed by atoms with Crippen LogP contribution in [-0.4, -0.2) is 34.9 Å². The third-order valence-corrected chi connectivity index (χ3v) is 5.40. The van der Waals surface area contributed by atoms with E-state index in [0.717, 1.165) is 28.9 Å². The number of thiophene rings is 1. The van der Waals surface area contributed by atoms with Gasteiger partial charge in [0, 0.05) is 21.7 Å². The van der Waals surface area contributed by atoms with Gasteiger partial charge in [-0.3, -0.25) is 4.99 Å². The SMILES string of the molecule is OCC1=C(c2ccc3ccsc3c2)N2CCN=C2S1. The molecular formula is C14H12N2OS2. The zero-order chi connectivity index (χ0) is 12.8. The van der Waals surface area contributed by atoms with Crippen molar-refractivity contribution in [1.82, 2.24) is 4.90 Å². The number of hydrogen-bond acceptors (Lipinski definition) is 5. The molecule has 19 heavy (non-hydrogen) atoms. The molecule has 3 nitrogen and oxygen atoms in total. The van der Waals surface area contributed by atoms with Gasteiger partial charge in [0.05, 0.1) is 18.8 Å². The van der Waals surface area contributed by atoms with E-state index < -0.39 is 0 Å². The van der Waals surface area contributed by atoms with Gasteiger partial charge < -0.3 is 10.0 Å². The molecule has 0 atom stereocenters.